The van der Waals surface area contributed by atoms with Crippen LogP contribution in [0.4, 0.5) is 32.0 Å². The molecule has 2 saturated heterocycles. The molecule has 0 amide bonds. The predicted molar refractivity (Wildman–Crippen MR) is 135 cm³/mol. The van der Waals surface area contributed by atoms with Crippen LogP contribution in [0.1, 0.15) is 47.2 Å². The van der Waals surface area contributed by atoms with Crippen LogP contribution in [-0.4, -0.2) is 54.2 Å². The van der Waals surface area contributed by atoms with E-state index < -0.39 is 45.8 Å². The van der Waals surface area contributed by atoms with E-state index in [0.717, 1.165) is 31.1 Å². The number of aliphatic hydroxyl groups is 1. The van der Waals surface area contributed by atoms with Gasteiger partial charge in [0.2, 0.25) is 0 Å². The summed E-state index contributed by atoms with van der Waals surface area (Å²) in [5, 5.41) is 12.9. The van der Waals surface area contributed by atoms with Crippen molar-refractivity contribution < 1.29 is 41.0 Å². The number of piperidine rings is 1. The molecule has 5 nitrogen and oxygen atoms in total. The van der Waals surface area contributed by atoms with Crippen molar-refractivity contribution in [3.8, 4) is 0 Å². The average Bonchev–Trinajstić information content (AvgIpc) is 2.87. The quantitative estimate of drug-likeness (QED) is 0.220. The van der Waals surface area contributed by atoms with Gasteiger partial charge < -0.3 is 20.1 Å². The highest BCUT2D eigenvalue weighted by Gasteiger charge is 2.47. The number of halogens is 6. The van der Waals surface area contributed by atoms with E-state index in [1.165, 1.54) is 12.3 Å². The second kappa shape index (κ2) is 12.2. The average molecular weight is 575 g/mol. The number of likely N-dealkylation sites (tertiary alicyclic amines) is 1. The van der Waals surface area contributed by atoms with E-state index in [2.05, 4.69) is 5.32 Å². The molecule has 2 aliphatic heterocycles. The molecule has 12 heteroatoms. The van der Waals surface area contributed by atoms with E-state index in [1.54, 1.807) is 23.1 Å². The Morgan fingerprint density at radius 1 is 0.974 bits per heavy atom. The van der Waals surface area contributed by atoms with Gasteiger partial charge in [0.1, 0.15) is 0 Å². The van der Waals surface area contributed by atoms with Crippen LogP contribution in [0.25, 0.3) is 0 Å². The largest absolute Gasteiger partial charge is 0.418 e. The first-order chi connectivity index (χ1) is 18.4. The van der Waals surface area contributed by atoms with Crippen molar-refractivity contribution >= 4 is 23.2 Å². The summed E-state index contributed by atoms with van der Waals surface area (Å²) in [6.07, 6.45) is -6.83. The lowest BCUT2D eigenvalue weighted by Gasteiger charge is -2.28. The van der Waals surface area contributed by atoms with Crippen molar-refractivity contribution in [1.82, 2.24) is 4.90 Å². The summed E-state index contributed by atoms with van der Waals surface area (Å²) in [7, 11) is 0. The Morgan fingerprint density at radius 3 is 2.28 bits per heavy atom. The summed E-state index contributed by atoms with van der Waals surface area (Å²) >= 11 is 0.558. The number of anilines is 1. The number of rotatable bonds is 7. The minimum atomic E-state index is -5.43. The Labute approximate surface area is 226 Å². The first-order valence-corrected chi connectivity index (χ1v) is 13.3. The smallest absolute Gasteiger partial charge is 0.393 e. The molecular formula is C27H28F6N2O3S. The summed E-state index contributed by atoms with van der Waals surface area (Å²) in [6.45, 7) is 1.93. The van der Waals surface area contributed by atoms with Crippen molar-refractivity contribution in [2.45, 2.75) is 60.0 Å². The van der Waals surface area contributed by atoms with Gasteiger partial charge in [-0.1, -0.05) is 17.8 Å². The Kier molecular flexibility index (Phi) is 9.18. The first kappa shape index (κ1) is 29.3. The van der Waals surface area contributed by atoms with E-state index >= 15 is 0 Å². The molecule has 0 atom stereocenters. The zero-order valence-corrected chi connectivity index (χ0v) is 21.6. The number of carbonyl (C=O) groups excluding carboxylic acids is 1. The van der Waals surface area contributed by atoms with E-state index in [-0.39, 0.29) is 6.04 Å². The second-order valence-corrected chi connectivity index (χ2v) is 10.6. The van der Waals surface area contributed by atoms with Crippen molar-refractivity contribution in [1.29, 1.82) is 0 Å². The maximum absolute atomic E-state index is 14.2. The number of ketones is 1. The van der Waals surface area contributed by atoms with Gasteiger partial charge in [0.25, 0.3) is 0 Å². The molecule has 0 bridgehead atoms. The van der Waals surface area contributed by atoms with Gasteiger partial charge in [0, 0.05) is 65.7 Å². The minimum Gasteiger partial charge on any atom is -0.393 e. The van der Waals surface area contributed by atoms with Crippen LogP contribution in [0.2, 0.25) is 0 Å². The van der Waals surface area contributed by atoms with E-state index in [9.17, 15) is 36.2 Å². The van der Waals surface area contributed by atoms with E-state index in [4.69, 9.17) is 4.74 Å². The number of hydrogen-bond donors (Lipinski definition) is 2. The molecular weight excluding hydrogens is 546 g/mol. The number of hydrogen-bond acceptors (Lipinski definition) is 6. The standard InChI is InChI=1S/C27H28F6N2O3S/c28-26(29,30)24-21(22(37)8-13-35-11-6-19(36)7-12-35)4-5-23(25(24)27(31,32)33)39-20-3-1-2-18(16-20)34-17-9-14-38-15-10-17/h1-5,8,13,16-17,19,34,36H,6-7,9-12,14-15H2. The monoisotopic (exact) mass is 574 g/mol. The van der Waals surface area contributed by atoms with Gasteiger partial charge in [-0.25, -0.2) is 0 Å². The number of allylic oxidation sites excluding steroid dienone is 1. The fourth-order valence-corrected chi connectivity index (χ4v) is 5.64. The molecule has 0 aromatic heterocycles. The number of ether oxygens (including phenoxy) is 1. The van der Waals surface area contributed by atoms with E-state index in [0.29, 0.717) is 61.5 Å². The van der Waals surface area contributed by atoms with Gasteiger partial charge in [-0.05, 0) is 56.0 Å². The van der Waals surface area contributed by atoms with Crippen LogP contribution >= 0.6 is 11.8 Å². The number of carbonyl (C=O) groups is 1. The Hall–Kier alpha value is -2.70. The molecule has 2 aromatic rings. The zero-order chi connectivity index (χ0) is 28.2. The highest BCUT2D eigenvalue weighted by Crippen LogP contribution is 2.48. The van der Waals surface area contributed by atoms with Gasteiger partial charge in [0.15, 0.2) is 5.78 Å². The number of aliphatic hydroxyl groups excluding tert-OH is 1. The molecule has 2 aliphatic rings. The van der Waals surface area contributed by atoms with Crippen LogP contribution in [0.15, 0.2) is 58.5 Å². The summed E-state index contributed by atoms with van der Waals surface area (Å²) in [4.78, 5) is 14.0. The summed E-state index contributed by atoms with van der Waals surface area (Å²) in [5.41, 5.74) is -4.32. The molecule has 0 aliphatic carbocycles. The second-order valence-electron chi connectivity index (χ2n) is 9.46. The van der Waals surface area contributed by atoms with Gasteiger partial charge >= 0.3 is 12.4 Å². The van der Waals surface area contributed by atoms with Crippen molar-refractivity contribution in [2.75, 3.05) is 31.6 Å². The Bertz CT molecular complexity index is 1190. The maximum Gasteiger partial charge on any atom is 0.418 e. The molecule has 0 unspecified atom stereocenters. The van der Waals surface area contributed by atoms with Gasteiger partial charge in [-0.2, -0.15) is 26.3 Å². The third kappa shape index (κ3) is 7.70. The molecule has 4 rings (SSSR count). The van der Waals surface area contributed by atoms with Crippen LogP contribution < -0.4 is 5.32 Å². The summed E-state index contributed by atoms with van der Waals surface area (Å²) in [6, 6.07) is 8.30. The first-order valence-electron chi connectivity index (χ1n) is 12.5. The minimum absolute atomic E-state index is 0.120. The van der Waals surface area contributed by atoms with Crippen LogP contribution in [0.3, 0.4) is 0 Å². The van der Waals surface area contributed by atoms with Gasteiger partial charge in [0.05, 0.1) is 17.2 Å². The lowest BCUT2D eigenvalue weighted by molar-refractivity contribution is -0.163. The third-order valence-electron chi connectivity index (χ3n) is 6.59. The highest BCUT2D eigenvalue weighted by molar-refractivity contribution is 7.99. The van der Waals surface area contributed by atoms with Crippen molar-refractivity contribution in [2.24, 2.45) is 0 Å². The number of nitrogens with zero attached hydrogens (tertiary/aromatic N) is 1. The molecule has 39 heavy (non-hydrogen) atoms. The van der Waals surface area contributed by atoms with Gasteiger partial charge in [-0.3, -0.25) is 4.79 Å². The molecule has 0 radical (unpaired) electrons. The van der Waals surface area contributed by atoms with Crippen LogP contribution in [-0.2, 0) is 17.1 Å². The normalized spacial score (nSPS) is 18.1. The SMILES string of the molecule is O=C(C=CN1CCC(O)CC1)c1ccc(Sc2cccc(NC3CCOCC3)c2)c(C(F)(F)F)c1C(F)(F)F. The Balaban J connectivity index is 1.65. The molecule has 2 N–H and O–H groups in total. The topological polar surface area (TPSA) is 61.8 Å². The van der Waals surface area contributed by atoms with Crippen LogP contribution in [0.5, 0.6) is 0 Å². The molecule has 2 heterocycles. The predicted octanol–water partition coefficient (Wildman–Crippen LogP) is 6.62. The fraction of sp³-hybridized carbons (Fsp3) is 0.444. The Morgan fingerprint density at radius 2 is 1.64 bits per heavy atom. The molecule has 2 aromatic carbocycles. The fourth-order valence-electron chi connectivity index (χ4n) is 4.60. The number of benzene rings is 2. The zero-order valence-electron chi connectivity index (χ0n) is 20.8. The number of alkyl halides is 6. The van der Waals surface area contributed by atoms with Gasteiger partial charge in [-0.15, -0.1) is 0 Å². The van der Waals surface area contributed by atoms with Crippen LogP contribution in [0, 0.1) is 0 Å². The lowest BCUT2D eigenvalue weighted by Crippen LogP contribution is -2.32. The highest BCUT2D eigenvalue weighted by atomic mass is 32.2. The molecule has 212 valence electrons. The molecule has 0 spiro atoms. The van der Waals surface area contributed by atoms with Crippen molar-refractivity contribution in [3.63, 3.8) is 0 Å². The lowest BCUT2D eigenvalue weighted by atomic mass is 9.96. The summed E-state index contributed by atoms with van der Waals surface area (Å²) < 4.78 is 90.3. The maximum atomic E-state index is 14.2. The summed E-state index contributed by atoms with van der Waals surface area (Å²) in [5.74, 6) is -1.18. The van der Waals surface area contributed by atoms with Crippen molar-refractivity contribution in [3.05, 3.63) is 65.4 Å². The number of nitrogens with one attached hydrogen (secondary N) is 1. The third-order valence-corrected chi connectivity index (χ3v) is 7.64. The van der Waals surface area contributed by atoms with E-state index in [1.807, 2.05) is 0 Å². The molecule has 2 fully saturated rings. The molecule has 0 saturated carbocycles.